The molecule has 3 unspecified atom stereocenters. The van der Waals surface area contributed by atoms with Crippen LogP contribution in [0.25, 0.3) is 0 Å². The van der Waals surface area contributed by atoms with Crippen molar-refractivity contribution in [3.05, 3.63) is 0 Å². The molecule has 0 radical (unpaired) electrons. The van der Waals surface area contributed by atoms with Gasteiger partial charge in [-0.1, -0.05) is 13.8 Å². The number of carboxylic acids is 1. The van der Waals surface area contributed by atoms with Gasteiger partial charge in [0.1, 0.15) is 6.04 Å². The lowest BCUT2D eigenvalue weighted by Gasteiger charge is -2.25. The van der Waals surface area contributed by atoms with Crippen molar-refractivity contribution in [3.8, 4) is 0 Å². The van der Waals surface area contributed by atoms with Gasteiger partial charge in [-0.2, -0.15) is 0 Å². The Hall–Kier alpha value is -0.610. The summed E-state index contributed by atoms with van der Waals surface area (Å²) in [5.41, 5.74) is 0. The number of carbonyl (C=O) groups is 1. The number of likely N-dealkylation sites (tertiary alicyclic amines) is 1. The Morgan fingerprint density at radius 1 is 1.56 bits per heavy atom. The fraction of sp³-hybridized carbons (Fsp3) is 0.917. The molecule has 1 saturated heterocycles. The molecule has 0 aromatic carbocycles. The van der Waals surface area contributed by atoms with Crippen molar-refractivity contribution in [1.29, 1.82) is 0 Å². The van der Waals surface area contributed by atoms with Crippen molar-refractivity contribution < 1.29 is 9.90 Å². The lowest BCUT2D eigenvalue weighted by Crippen LogP contribution is -2.47. The molecule has 16 heavy (non-hydrogen) atoms. The van der Waals surface area contributed by atoms with E-state index in [9.17, 15) is 4.79 Å². The molecule has 0 saturated carbocycles. The average molecular weight is 228 g/mol. The van der Waals surface area contributed by atoms with E-state index in [-0.39, 0.29) is 0 Å². The Labute approximate surface area is 98.0 Å². The van der Waals surface area contributed by atoms with Crippen molar-refractivity contribution in [2.75, 3.05) is 19.6 Å². The molecule has 0 spiro atoms. The van der Waals surface area contributed by atoms with Crippen LogP contribution in [0.1, 0.15) is 33.6 Å². The second-order valence-electron chi connectivity index (χ2n) is 4.99. The number of hydrogen-bond donors (Lipinski definition) is 2. The number of carboxylic acid groups (broad SMARTS) is 1. The highest BCUT2D eigenvalue weighted by atomic mass is 16.4. The van der Waals surface area contributed by atoms with Crippen LogP contribution in [-0.2, 0) is 4.79 Å². The predicted octanol–water partition coefficient (Wildman–Crippen LogP) is 1.17. The Kier molecular flexibility index (Phi) is 5.22. The second-order valence-corrected chi connectivity index (χ2v) is 4.99. The zero-order chi connectivity index (χ0) is 12.1. The van der Waals surface area contributed by atoms with E-state index in [1.807, 2.05) is 6.92 Å². The van der Waals surface area contributed by atoms with Gasteiger partial charge in [0.05, 0.1) is 0 Å². The third-order valence-electron chi connectivity index (χ3n) is 3.27. The third-order valence-corrected chi connectivity index (χ3v) is 3.27. The summed E-state index contributed by atoms with van der Waals surface area (Å²) < 4.78 is 0. The third kappa shape index (κ3) is 3.76. The molecular formula is C12H24N2O2. The first-order valence-electron chi connectivity index (χ1n) is 6.24. The smallest absolute Gasteiger partial charge is 0.322 e. The summed E-state index contributed by atoms with van der Waals surface area (Å²) in [5.74, 6) is -0.0455. The van der Waals surface area contributed by atoms with Gasteiger partial charge in [0, 0.05) is 19.1 Å². The Morgan fingerprint density at radius 2 is 2.25 bits per heavy atom. The minimum absolute atomic E-state index is 0.423. The topological polar surface area (TPSA) is 52.6 Å². The maximum absolute atomic E-state index is 11.1. The average Bonchev–Trinajstić information content (AvgIpc) is 2.51. The zero-order valence-electron chi connectivity index (χ0n) is 10.6. The monoisotopic (exact) mass is 228 g/mol. The first-order valence-corrected chi connectivity index (χ1v) is 6.24. The van der Waals surface area contributed by atoms with E-state index in [1.54, 1.807) is 0 Å². The van der Waals surface area contributed by atoms with Crippen LogP contribution in [0.4, 0.5) is 0 Å². The van der Waals surface area contributed by atoms with Crippen LogP contribution in [0.2, 0.25) is 0 Å². The molecule has 94 valence electrons. The molecule has 1 fully saturated rings. The summed E-state index contributed by atoms with van der Waals surface area (Å²) >= 11 is 0. The summed E-state index contributed by atoms with van der Waals surface area (Å²) in [4.78, 5) is 13.4. The number of hydrogen-bond acceptors (Lipinski definition) is 3. The van der Waals surface area contributed by atoms with E-state index in [2.05, 4.69) is 24.1 Å². The van der Waals surface area contributed by atoms with Gasteiger partial charge in [-0.15, -0.1) is 0 Å². The van der Waals surface area contributed by atoms with Crippen molar-refractivity contribution in [1.82, 2.24) is 10.2 Å². The lowest BCUT2D eigenvalue weighted by atomic mass is 10.1. The van der Waals surface area contributed by atoms with E-state index in [1.165, 1.54) is 6.42 Å². The molecule has 0 bridgehead atoms. The van der Waals surface area contributed by atoms with Gasteiger partial charge in [-0.25, -0.2) is 0 Å². The van der Waals surface area contributed by atoms with Gasteiger partial charge >= 0.3 is 5.97 Å². The Balaban J connectivity index is 2.44. The van der Waals surface area contributed by atoms with Crippen LogP contribution in [0, 0.1) is 5.92 Å². The standard InChI is InChI=1S/C12H24N2O2/c1-4-5-13-11(12(15)16)8-14-7-9(2)6-10(14)3/h9-11,13H,4-8H2,1-3H3,(H,15,16). The van der Waals surface area contributed by atoms with Crippen molar-refractivity contribution in [2.24, 2.45) is 5.92 Å². The van der Waals surface area contributed by atoms with Gasteiger partial charge in [0.25, 0.3) is 0 Å². The van der Waals surface area contributed by atoms with E-state index in [0.29, 0.717) is 18.5 Å². The van der Waals surface area contributed by atoms with Crippen LogP contribution >= 0.6 is 0 Å². The van der Waals surface area contributed by atoms with E-state index in [4.69, 9.17) is 5.11 Å². The second kappa shape index (κ2) is 6.21. The number of nitrogens with one attached hydrogen (secondary N) is 1. The van der Waals surface area contributed by atoms with Crippen molar-refractivity contribution >= 4 is 5.97 Å². The fourth-order valence-electron chi connectivity index (χ4n) is 2.42. The Bertz CT molecular complexity index is 233. The molecular weight excluding hydrogens is 204 g/mol. The summed E-state index contributed by atoms with van der Waals surface area (Å²) in [7, 11) is 0. The Morgan fingerprint density at radius 3 is 2.69 bits per heavy atom. The number of nitrogens with zero attached hydrogens (tertiary/aromatic N) is 1. The molecule has 0 amide bonds. The SMILES string of the molecule is CCCNC(CN1CC(C)CC1C)C(=O)O. The molecule has 3 atom stereocenters. The van der Waals surface area contributed by atoms with Gasteiger partial charge < -0.3 is 10.4 Å². The number of aliphatic carboxylic acids is 1. The van der Waals surface area contributed by atoms with Crippen LogP contribution < -0.4 is 5.32 Å². The molecule has 4 heteroatoms. The normalized spacial score (nSPS) is 28.2. The van der Waals surface area contributed by atoms with Gasteiger partial charge in [-0.05, 0) is 32.2 Å². The molecule has 1 heterocycles. The highest BCUT2D eigenvalue weighted by Gasteiger charge is 2.29. The molecule has 4 nitrogen and oxygen atoms in total. The van der Waals surface area contributed by atoms with Crippen molar-refractivity contribution in [2.45, 2.75) is 45.7 Å². The van der Waals surface area contributed by atoms with Crippen LogP contribution in [0.3, 0.4) is 0 Å². The zero-order valence-corrected chi connectivity index (χ0v) is 10.6. The van der Waals surface area contributed by atoms with Crippen molar-refractivity contribution in [3.63, 3.8) is 0 Å². The van der Waals surface area contributed by atoms with Gasteiger partial charge in [-0.3, -0.25) is 9.69 Å². The van der Waals surface area contributed by atoms with Crippen LogP contribution in [-0.4, -0.2) is 47.7 Å². The van der Waals surface area contributed by atoms with Gasteiger partial charge in [0.2, 0.25) is 0 Å². The first kappa shape index (κ1) is 13.5. The van der Waals surface area contributed by atoms with Crippen LogP contribution in [0.5, 0.6) is 0 Å². The number of rotatable bonds is 6. The van der Waals surface area contributed by atoms with Crippen LogP contribution in [0.15, 0.2) is 0 Å². The fourth-order valence-corrected chi connectivity index (χ4v) is 2.42. The summed E-state index contributed by atoms with van der Waals surface area (Å²) in [6, 6.07) is 0.0907. The van der Waals surface area contributed by atoms with E-state index < -0.39 is 12.0 Å². The molecule has 0 aromatic heterocycles. The lowest BCUT2D eigenvalue weighted by molar-refractivity contribution is -0.140. The first-order chi connectivity index (χ1) is 7.54. The molecule has 2 N–H and O–H groups in total. The van der Waals surface area contributed by atoms with E-state index >= 15 is 0 Å². The largest absolute Gasteiger partial charge is 0.480 e. The van der Waals surface area contributed by atoms with Gasteiger partial charge in [0.15, 0.2) is 0 Å². The predicted molar refractivity (Wildman–Crippen MR) is 64.5 cm³/mol. The molecule has 0 aromatic rings. The highest BCUT2D eigenvalue weighted by Crippen LogP contribution is 2.22. The molecule has 1 aliphatic rings. The quantitative estimate of drug-likeness (QED) is 0.716. The molecule has 1 aliphatic heterocycles. The minimum atomic E-state index is -0.736. The summed E-state index contributed by atoms with van der Waals surface area (Å²) in [5, 5.41) is 12.2. The molecule has 1 rings (SSSR count). The highest BCUT2D eigenvalue weighted by molar-refractivity contribution is 5.73. The maximum atomic E-state index is 11.1. The summed E-state index contributed by atoms with van der Waals surface area (Å²) in [6.45, 7) is 8.88. The maximum Gasteiger partial charge on any atom is 0.322 e. The summed E-state index contributed by atoms with van der Waals surface area (Å²) in [6.07, 6.45) is 2.15. The van der Waals surface area contributed by atoms with E-state index in [0.717, 1.165) is 19.5 Å². The minimum Gasteiger partial charge on any atom is -0.480 e. The molecule has 0 aliphatic carbocycles.